The highest BCUT2D eigenvalue weighted by atomic mass is 79.9. The molecular formula is C24H25BrN4O3. The number of hydrogen-bond acceptors (Lipinski definition) is 5. The number of halogens is 1. The van der Waals surface area contributed by atoms with Gasteiger partial charge in [0.25, 0.3) is 5.91 Å². The zero-order chi connectivity index (χ0) is 22.7. The molecule has 0 bridgehead atoms. The summed E-state index contributed by atoms with van der Waals surface area (Å²) in [5.41, 5.74) is 1.07. The summed E-state index contributed by atoms with van der Waals surface area (Å²) in [6.45, 7) is 2.51. The number of para-hydroxylation sites is 1. The molecule has 1 amide bonds. The lowest BCUT2D eigenvalue weighted by molar-refractivity contribution is -0.138. The first kappa shape index (κ1) is 22.4. The number of anilines is 2. The van der Waals surface area contributed by atoms with Gasteiger partial charge in [-0.2, -0.15) is 0 Å². The number of carbonyl (C=O) groups excluding carboxylic acids is 1. The summed E-state index contributed by atoms with van der Waals surface area (Å²) >= 11 is 3.47. The van der Waals surface area contributed by atoms with Crippen molar-refractivity contribution in [3.05, 3.63) is 82.6 Å². The minimum atomic E-state index is -1.67. The maximum Gasteiger partial charge on any atom is 0.268 e. The molecule has 166 valence electrons. The number of carbonyl (C=O) groups is 1. The second-order valence-corrected chi connectivity index (χ2v) is 8.77. The second kappa shape index (κ2) is 9.36. The maximum atomic E-state index is 13.5. The number of rotatable bonds is 8. The number of fused-ring (bicyclic) bond motifs is 1. The normalized spacial score (nSPS) is 19.0. The van der Waals surface area contributed by atoms with Crippen LogP contribution in [-0.2, 0) is 23.4 Å². The minimum Gasteiger partial charge on any atom is -0.396 e. The van der Waals surface area contributed by atoms with Crippen LogP contribution in [0.2, 0.25) is 0 Å². The first-order valence-electron chi connectivity index (χ1n) is 10.5. The fourth-order valence-corrected chi connectivity index (χ4v) is 4.36. The van der Waals surface area contributed by atoms with Crippen LogP contribution in [0.5, 0.6) is 0 Å². The van der Waals surface area contributed by atoms with Gasteiger partial charge >= 0.3 is 0 Å². The SMILES string of the molecule is C[C@H](/C=C/CCn1cc(CCO)nn1)[C@@]1(O)C(=O)N(c2ccccc2)c2ccc(Br)cc21. The Morgan fingerprint density at radius 3 is 2.75 bits per heavy atom. The monoisotopic (exact) mass is 496 g/mol. The molecule has 0 radical (unpaired) electrons. The van der Waals surface area contributed by atoms with Gasteiger partial charge in [-0.05, 0) is 36.8 Å². The van der Waals surface area contributed by atoms with E-state index in [-0.39, 0.29) is 12.5 Å². The Bertz CT molecular complexity index is 1130. The molecule has 2 N–H and O–H groups in total. The average molecular weight is 497 g/mol. The van der Waals surface area contributed by atoms with Crippen LogP contribution in [0.1, 0.15) is 24.6 Å². The van der Waals surface area contributed by atoms with Crippen LogP contribution in [0.3, 0.4) is 0 Å². The molecular weight excluding hydrogens is 472 g/mol. The second-order valence-electron chi connectivity index (χ2n) is 7.86. The van der Waals surface area contributed by atoms with E-state index in [4.69, 9.17) is 5.11 Å². The molecule has 0 spiro atoms. The smallest absolute Gasteiger partial charge is 0.268 e. The third-order valence-electron chi connectivity index (χ3n) is 5.72. The molecule has 2 aromatic carbocycles. The van der Waals surface area contributed by atoms with Crippen LogP contribution < -0.4 is 4.90 Å². The molecule has 0 aliphatic carbocycles. The van der Waals surface area contributed by atoms with Crippen molar-refractivity contribution in [2.24, 2.45) is 5.92 Å². The van der Waals surface area contributed by atoms with E-state index in [0.29, 0.717) is 30.6 Å². The van der Waals surface area contributed by atoms with E-state index in [1.54, 1.807) is 9.58 Å². The highest BCUT2D eigenvalue weighted by Crippen LogP contribution is 2.48. The van der Waals surface area contributed by atoms with E-state index in [9.17, 15) is 9.90 Å². The summed E-state index contributed by atoms with van der Waals surface area (Å²) in [4.78, 5) is 15.1. The quantitative estimate of drug-likeness (QED) is 0.463. The number of aromatic nitrogens is 3. The fourth-order valence-electron chi connectivity index (χ4n) is 4.00. The summed E-state index contributed by atoms with van der Waals surface area (Å²) in [5, 5.41) is 28.7. The zero-order valence-electron chi connectivity index (χ0n) is 17.7. The van der Waals surface area contributed by atoms with Crippen LogP contribution in [0.25, 0.3) is 0 Å². The summed E-state index contributed by atoms with van der Waals surface area (Å²) in [6.07, 6.45) is 6.79. The van der Waals surface area contributed by atoms with Crippen molar-refractivity contribution in [3.8, 4) is 0 Å². The predicted molar refractivity (Wildman–Crippen MR) is 125 cm³/mol. The van der Waals surface area contributed by atoms with E-state index in [1.165, 1.54) is 0 Å². The van der Waals surface area contributed by atoms with E-state index in [1.807, 2.05) is 73.8 Å². The van der Waals surface area contributed by atoms with Crippen LogP contribution in [0.15, 0.2) is 71.4 Å². The van der Waals surface area contributed by atoms with Crippen molar-refractivity contribution in [1.82, 2.24) is 15.0 Å². The summed E-state index contributed by atoms with van der Waals surface area (Å²) in [7, 11) is 0. The van der Waals surface area contributed by atoms with E-state index >= 15 is 0 Å². The highest BCUT2D eigenvalue weighted by molar-refractivity contribution is 9.10. The third kappa shape index (κ3) is 4.13. The molecule has 3 aromatic rings. The summed E-state index contributed by atoms with van der Waals surface area (Å²) in [6, 6.07) is 14.9. The number of aliphatic hydroxyl groups is 2. The predicted octanol–water partition coefficient (Wildman–Crippen LogP) is 3.72. The Hall–Kier alpha value is -2.81. The van der Waals surface area contributed by atoms with Gasteiger partial charge in [-0.25, -0.2) is 0 Å². The minimum absolute atomic E-state index is 0.0420. The molecule has 1 aliphatic heterocycles. The Balaban J connectivity index is 1.55. The van der Waals surface area contributed by atoms with Gasteiger partial charge in [0.2, 0.25) is 0 Å². The number of amides is 1. The molecule has 1 aromatic heterocycles. The maximum absolute atomic E-state index is 13.5. The lowest BCUT2D eigenvalue weighted by atomic mass is 9.83. The number of aliphatic hydroxyl groups excluding tert-OH is 1. The van der Waals surface area contributed by atoms with E-state index < -0.39 is 11.5 Å². The Labute approximate surface area is 195 Å². The first-order chi connectivity index (χ1) is 15.4. The van der Waals surface area contributed by atoms with Crippen molar-refractivity contribution in [2.75, 3.05) is 11.5 Å². The average Bonchev–Trinajstić information content (AvgIpc) is 3.33. The number of benzene rings is 2. The van der Waals surface area contributed by atoms with Crippen LogP contribution in [0.4, 0.5) is 11.4 Å². The highest BCUT2D eigenvalue weighted by Gasteiger charge is 2.53. The van der Waals surface area contributed by atoms with E-state index in [0.717, 1.165) is 15.9 Å². The standard InChI is InChI=1S/C24H25BrN4O3/c1-17(7-5-6-13-28-16-19(12-14-30)26-27-28)24(32)21-15-18(25)10-11-22(21)29(23(24)31)20-8-3-2-4-9-20/h2-5,7-11,15-17,30,32H,6,12-14H2,1H3/b7-5+/t17-,24+/m1/s1. The zero-order valence-corrected chi connectivity index (χ0v) is 19.3. The lowest BCUT2D eigenvalue weighted by Crippen LogP contribution is -2.42. The Morgan fingerprint density at radius 1 is 1.22 bits per heavy atom. The van der Waals surface area contributed by atoms with Gasteiger partial charge in [0.15, 0.2) is 5.60 Å². The van der Waals surface area contributed by atoms with Crippen LogP contribution >= 0.6 is 15.9 Å². The molecule has 8 heteroatoms. The first-order valence-corrected chi connectivity index (χ1v) is 11.3. The van der Waals surface area contributed by atoms with Gasteiger partial charge in [-0.1, -0.05) is 58.4 Å². The molecule has 0 saturated heterocycles. The fraction of sp³-hybridized carbons (Fsp3) is 0.292. The molecule has 0 unspecified atom stereocenters. The largest absolute Gasteiger partial charge is 0.396 e. The third-order valence-corrected chi connectivity index (χ3v) is 6.21. The van der Waals surface area contributed by atoms with Gasteiger partial charge < -0.3 is 10.2 Å². The topological polar surface area (TPSA) is 91.5 Å². The molecule has 0 fully saturated rings. The lowest BCUT2D eigenvalue weighted by Gasteiger charge is -2.27. The van der Waals surface area contributed by atoms with Crippen LogP contribution in [0, 0.1) is 5.92 Å². The van der Waals surface area contributed by atoms with Crippen molar-refractivity contribution < 1.29 is 15.0 Å². The van der Waals surface area contributed by atoms with Crippen molar-refractivity contribution in [2.45, 2.75) is 31.9 Å². The number of allylic oxidation sites excluding steroid dienone is 1. The van der Waals surface area contributed by atoms with Crippen LogP contribution in [-0.4, -0.2) is 37.7 Å². The summed E-state index contributed by atoms with van der Waals surface area (Å²) < 4.78 is 2.53. The van der Waals surface area contributed by atoms with Gasteiger partial charge in [0.1, 0.15) is 0 Å². The van der Waals surface area contributed by atoms with Gasteiger partial charge in [-0.15, -0.1) is 5.10 Å². The molecule has 0 saturated carbocycles. The number of hydrogen-bond donors (Lipinski definition) is 2. The molecule has 2 heterocycles. The molecule has 2 atom stereocenters. The van der Waals surface area contributed by atoms with Gasteiger partial charge in [0.05, 0.1) is 11.4 Å². The van der Waals surface area contributed by atoms with Gasteiger partial charge in [-0.3, -0.25) is 14.4 Å². The van der Waals surface area contributed by atoms with E-state index in [2.05, 4.69) is 26.2 Å². The Morgan fingerprint density at radius 2 is 2.00 bits per heavy atom. The van der Waals surface area contributed by atoms with Crippen molar-refractivity contribution in [1.29, 1.82) is 0 Å². The number of aryl methyl sites for hydroxylation is 1. The number of nitrogens with zero attached hydrogens (tertiary/aromatic N) is 4. The van der Waals surface area contributed by atoms with Gasteiger partial charge in [0, 0.05) is 47.4 Å². The molecule has 4 rings (SSSR count). The Kier molecular flexibility index (Phi) is 6.55. The molecule has 32 heavy (non-hydrogen) atoms. The summed E-state index contributed by atoms with van der Waals surface area (Å²) in [5.74, 6) is -0.809. The molecule has 1 aliphatic rings. The van der Waals surface area contributed by atoms with Crippen molar-refractivity contribution >= 4 is 33.2 Å². The molecule has 7 nitrogen and oxygen atoms in total. The van der Waals surface area contributed by atoms with Crippen molar-refractivity contribution in [3.63, 3.8) is 0 Å².